The second kappa shape index (κ2) is 9.96. The van der Waals surface area contributed by atoms with Gasteiger partial charge in [0.25, 0.3) is 15.9 Å². The van der Waals surface area contributed by atoms with Crippen LogP contribution in [-0.2, 0) is 22.4 Å². The summed E-state index contributed by atoms with van der Waals surface area (Å²) >= 11 is 0. The second-order valence-corrected chi connectivity index (χ2v) is 9.84. The Hall–Kier alpha value is -3.74. The Morgan fingerprint density at radius 1 is 0.892 bits per heavy atom. The molecule has 0 fully saturated rings. The van der Waals surface area contributed by atoms with Crippen molar-refractivity contribution in [1.29, 1.82) is 0 Å². The summed E-state index contributed by atoms with van der Waals surface area (Å²) in [6, 6.07) is 10.4. The fourth-order valence-electron chi connectivity index (χ4n) is 3.41. The minimum atomic E-state index is -5.10. The Morgan fingerprint density at radius 2 is 1.46 bits per heavy atom. The van der Waals surface area contributed by atoms with Gasteiger partial charge in [0.2, 0.25) is 0 Å². The third-order valence-electron chi connectivity index (χ3n) is 5.38. The molecule has 0 bridgehead atoms. The lowest BCUT2D eigenvalue weighted by atomic mass is 10.1. The smallest absolute Gasteiger partial charge is 0.416 e. The molecule has 1 amide bonds. The topological polar surface area (TPSA) is 75.7 Å². The number of methoxy groups -OCH3 is 1. The first-order valence-electron chi connectivity index (χ1n) is 10.4. The number of nitrogens with zero attached hydrogens (tertiary/aromatic N) is 1. The summed E-state index contributed by atoms with van der Waals surface area (Å²) in [4.78, 5) is 12.5. The van der Waals surface area contributed by atoms with Gasteiger partial charge in [-0.25, -0.2) is 8.42 Å². The number of anilines is 2. The van der Waals surface area contributed by atoms with Crippen LogP contribution in [0.1, 0.15) is 27.0 Å². The van der Waals surface area contributed by atoms with E-state index in [4.69, 9.17) is 4.74 Å². The van der Waals surface area contributed by atoms with Gasteiger partial charge in [0.05, 0.1) is 28.8 Å². The van der Waals surface area contributed by atoms with Gasteiger partial charge < -0.3 is 10.1 Å². The van der Waals surface area contributed by atoms with Gasteiger partial charge in [0.15, 0.2) is 0 Å². The van der Waals surface area contributed by atoms with E-state index in [1.807, 2.05) is 5.32 Å². The molecule has 1 N–H and O–H groups in total. The number of hydrogen-bond acceptors (Lipinski definition) is 4. The van der Waals surface area contributed by atoms with Crippen LogP contribution in [0, 0.1) is 6.92 Å². The van der Waals surface area contributed by atoms with Gasteiger partial charge in [-0.05, 0) is 55.0 Å². The SMILES string of the molecule is COc1ccccc1N(C)S(=O)(=O)c1ccc(C)c(C(=O)Nc2cc(C(F)(F)F)cc(C(F)(F)F)c2)c1. The number of sulfonamides is 1. The van der Waals surface area contributed by atoms with Gasteiger partial charge in [-0.2, -0.15) is 26.3 Å². The van der Waals surface area contributed by atoms with Crippen LogP contribution in [0.4, 0.5) is 37.7 Å². The number of aryl methyl sites for hydroxylation is 1. The lowest BCUT2D eigenvalue weighted by molar-refractivity contribution is -0.143. The van der Waals surface area contributed by atoms with Crippen molar-refractivity contribution in [3.05, 3.63) is 82.9 Å². The van der Waals surface area contributed by atoms with Crippen LogP contribution < -0.4 is 14.4 Å². The van der Waals surface area contributed by atoms with Crippen molar-refractivity contribution in [2.24, 2.45) is 0 Å². The Balaban J connectivity index is 2.00. The normalized spacial score (nSPS) is 12.2. The standard InChI is InChI=1S/C24H20F6N2O4S/c1-14-8-9-18(37(34,35)32(2)20-6-4-5-7-21(20)36-3)13-19(14)22(33)31-17-11-15(23(25,26)27)10-16(12-17)24(28,29)30/h4-13H,1-3H3,(H,31,33). The van der Waals surface area contributed by atoms with Crippen molar-refractivity contribution in [2.45, 2.75) is 24.2 Å². The molecule has 0 unspecified atom stereocenters. The predicted octanol–water partition coefficient (Wildman–Crippen LogP) is 6.12. The fraction of sp³-hybridized carbons (Fsp3) is 0.208. The van der Waals surface area contributed by atoms with Crippen molar-refractivity contribution in [3.8, 4) is 5.75 Å². The van der Waals surface area contributed by atoms with E-state index in [2.05, 4.69) is 0 Å². The first kappa shape index (κ1) is 27.8. The number of hydrogen-bond donors (Lipinski definition) is 1. The van der Waals surface area contributed by atoms with Gasteiger partial charge in [-0.15, -0.1) is 0 Å². The largest absolute Gasteiger partial charge is 0.495 e. The van der Waals surface area contributed by atoms with Crippen molar-refractivity contribution in [3.63, 3.8) is 0 Å². The van der Waals surface area contributed by atoms with E-state index in [1.165, 1.54) is 39.3 Å². The lowest BCUT2D eigenvalue weighted by Crippen LogP contribution is -2.27. The van der Waals surface area contributed by atoms with Gasteiger partial charge >= 0.3 is 12.4 Å². The Labute approximate surface area is 208 Å². The van der Waals surface area contributed by atoms with Crippen LogP contribution in [0.25, 0.3) is 0 Å². The van der Waals surface area contributed by atoms with Crippen LogP contribution in [0.5, 0.6) is 5.75 Å². The fourth-order valence-corrected chi connectivity index (χ4v) is 4.64. The van der Waals surface area contributed by atoms with E-state index in [1.54, 1.807) is 18.2 Å². The molecule has 3 aromatic rings. The molecule has 0 aliphatic heterocycles. The maximum atomic E-state index is 13.2. The van der Waals surface area contributed by atoms with E-state index in [-0.39, 0.29) is 33.5 Å². The molecule has 13 heteroatoms. The molecular formula is C24H20F6N2O4S. The van der Waals surface area contributed by atoms with Gasteiger partial charge in [-0.1, -0.05) is 18.2 Å². The van der Waals surface area contributed by atoms with Gasteiger partial charge in [-0.3, -0.25) is 9.10 Å². The molecule has 0 aliphatic rings. The molecule has 3 aromatic carbocycles. The summed E-state index contributed by atoms with van der Waals surface area (Å²) in [7, 11) is -1.64. The van der Waals surface area contributed by atoms with Crippen molar-refractivity contribution in [1.82, 2.24) is 0 Å². The van der Waals surface area contributed by atoms with Crippen LogP contribution in [0.2, 0.25) is 0 Å². The summed E-state index contributed by atoms with van der Waals surface area (Å²) in [6.45, 7) is 1.43. The Kier molecular flexibility index (Phi) is 7.49. The summed E-state index contributed by atoms with van der Waals surface area (Å²) in [5, 5.41) is 2.01. The van der Waals surface area contributed by atoms with Gasteiger partial charge in [0, 0.05) is 18.3 Å². The number of carbonyl (C=O) groups excluding carboxylic acids is 1. The number of para-hydroxylation sites is 2. The Bertz CT molecular complexity index is 1400. The molecule has 6 nitrogen and oxygen atoms in total. The van der Waals surface area contributed by atoms with Crippen molar-refractivity contribution < 1.29 is 44.3 Å². The van der Waals surface area contributed by atoms with Crippen molar-refractivity contribution >= 4 is 27.3 Å². The highest BCUT2D eigenvalue weighted by Crippen LogP contribution is 2.38. The zero-order valence-electron chi connectivity index (χ0n) is 19.5. The lowest BCUT2D eigenvalue weighted by Gasteiger charge is -2.22. The van der Waals surface area contributed by atoms with Crippen molar-refractivity contribution in [2.75, 3.05) is 23.8 Å². The quantitative estimate of drug-likeness (QED) is 0.378. The van der Waals surface area contributed by atoms with Crippen LogP contribution >= 0.6 is 0 Å². The van der Waals surface area contributed by atoms with E-state index in [0.29, 0.717) is 12.1 Å². The van der Waals surface area contributed by atoms with E-state index in [0.717, 1.165) is 10.4 Å². The van der Waals surface area contributed by atoms with Crippen LogP contribution in [0.15, 0.2) is 65.6 Å². The maximum Gasteiger partial charge on any atom is 0.416 e. The minimum absolute atomic E-state index is 0.0677. The number of benzene rings is 3. The molecule has 0 saturated heterocycles. The molecule has 0 spiro atoms. The third-order valence-corrected chi connectivity index (χ3v) is 7.15. The van der Waals surface area contributed by atoms with Crippen LogP contribution in [-0.4, -0.2) is 28.5 Å². The third kappa shape index (κ3) is 5.98. The van der Waals surface area contributed by atoms with E-state index < -0.39 is 45.1 Å². The predicted molar refractivity (Wildman–Crippen MR) is 124 cm³/mol. The minimum Gasteiger partial charge on any atom is -0.495 e. The molecule has 0 aromatic heterocycles. The molecule has 3 rings (SSSR count). The molecule has 0 radical (unpaired) electrons. The zero-order valence-corrected chi connectivity index (χ0v) is 20.3. The maximum absolute atomic E-state index is 13.2. The first-order chi connectivity index (χ1) is 17.1. The summed E-state index contributed by atoms with van der Waals surface area (Å²) in [5.41, 5.74) is -3.81. The monoisotopic (exact) mass is 546 g/mol. The molecule has 0 aliphatic carbocycles. The van der Waals surface area contributed by atoms with E-state index in [9.17, 15) is 39.6 Å². The average molecular weight is 546 g/mol. The summed E-state index contributed by atoms with van der Waals surface area (Å²) < 4.78 is 112. The molecule has 198 valence electrons. The number of halogens is 6. The molecule has 0 atom stereocenters. The summed E-state index contributed by atoms with van der Waals surface area (Å²) in [5.74, 6) is -0.842. The average Bonchev–Trinajstić information content (AvgIpc) is 2.82. The van der Waals surface area contributed by atoms with E-state index >= 15 is 0 Å². The number of nitrogens with one attached hydrogen (secondary N) is 1. The number of alkyl halides is 6. The molecule has 0 saturated carbocycles. The second-order valence-electron chi connectivity index (χ2n) is 7.87. The molecule has 0 heterocycles. The number of carbonyl (C=O) groups is 1. The highest BCUT2D eigenvalue weighted by atomic mass is 32.2. The number of amides is 1. The zero-order chi connectivity index (χ0) is 27.8. The molecular weight excluding hydrogens is 526 g/mol. The number of ether oxygens (including phenoxy) is 1. The van der Waals surface area contributed by atoms with Crippen LogP contribution in [0.3, 0.4) is 0 Å². The molecule has 37 heavy (non-hydrogen) atoms. The Morgan fingerprint density at radius 3 is 2.00 bits per heavy atom. The van der Waals surface area contributed by atoms with Gasteiger partial charge in [0.1, 0.15) is 5.75 Å². The number of rotatable bonds is 6. The summed E-state index contributed by atoms with van der Waals surface area (Å²) in [6.07, 6.45) is -10.2. The highest BCUT2D eigenvalue weighted by molar-refractivity contribution is 7.92. The highest BCUT2D eigenvalue weighted by Gasteiger charge is 2.37. The first-order valence-corrected chi connectivity index (χ1v) is 11.8.